The minimum absolute atomic E-state index is 0.157. The van der Waals surface area contributed by atoms with Crippen LogP contribution in [-0.4, -0.2) is 49.2 Å². The molecule has 2 saturated heterocycles. The SMILES string of the molecule is CCC1CCCCN1C(=O)c1cc(S(=O)(=O)N2CCCC2)ccc1Cl. The third-order valence-electron chi connectivity index (χ3n) is 5.23. The molecule has 1 atom stereocenters. The van der Waals surface area contributed by atoms with Gasteiger partial charge in [-0.3, -0.25) is 4.79 Å². The van der Waals surface area contributed by atoms with Crippen molar-refractivity contribution in [2.24, 2.45) is 0 Å². The molecule has 5 nitrogen and oxygen atoms in total. The van der Waals surface area contributed by atoms with Crippen LogP contribution in [0, 0.1) is 0 Å². The third-order valence-corrected chi connectivity index (χ3v) is 7.45. The smallest absolute Gasteiger partial charge is 0.255 e. The molecule has 1 unspecified atom stereocenters. The van der Waals surface area contributed by atoms with E-state index in [9.17, 15) is 13.2 Å². The van der Waals surface area contributed by atoms with Crippen molar-refractivity contribution in [3.8, 4) is 0 Å². The fourth-order valence-electron chi connectivity index (χ4n) is 3.75. The van der Waals surface area contributed by atoms with Crippen molar-refractivity contribution in [2.75, 3.05) is 19.6 Å². The van der Waals surface area contributed by atoms with E-state index in [1.54, 1.807) is 0 Å². The fraction of sp³-hybridized carbons (Fsp3) is 0.611. The molecule has 0 saturated carbocycles. The van der Waals surface area contributed by atoms with Crippen LogP contribution in [0.25, 0.3) is 0 Å². The van der Waals surface area contributed by atoms with E-state index in [1.165, 1.54) is 22.5 Å². The predicted octanol–water partition coefficient (Wildman–Crippen LogP) is 3.53. The summed E-state index contributed by atoms with van der Waals surface area (Å²) in [5.74, 6) is -0.157. The van der Waals surface area contributed by atoms with E-state index in [0.717, 1.165) is 38.5 Å². The molecular weight excluding hydrogens is 360 g/mol. The van der Waals surface area contributed by atoms with Crippen LogP contribution in [-0.2, 0) is 10.0 Å². The molecule has 2 fully saturated rings. The number of halogens is 1. The summed E-state index contributed by atoms with van der Waals surface area (Å²) in [6, 6.07) is 4.69. The Morgan fingerprint density at radius 2 is 1.84 bits per heavy atom. The number of carbonyl (C=O) groups excluding carboxylic acids is 1. The van der Waals surface area contributed by atoms with E-state index >= 15 is 0 Å². The zero-order valence-electron chi connectivity index (χ0n) is 14.6. The Morgan fingerprint density at radius 3 is 2.52 bits per heavy atom. The minimum Gasteiger partial charge on any atom is -0.336 e. The molecule has 25 heavy (non-hydrogen) atoms. The van der Waals surface area contributed by atoms with Crippen molar-refractivity contribution in [1.82, 2.24) is 9.21 Å². The molecule has 0 spiro atoms. The first-order chi connectivity index (χ1) is 11.9. The molecule has 0 aliphatic carbocycles. The van der Waals surface area contributed by atoms with Crippen LogP contribution in [0.5, 0.6) is 0 Å². The van der Waals surface area contributed by atoms with E-state index in [4.69, 9.17) is 11.6 Å². The van der Waals surface area contributed by atoms with Crippen LogP contribution in [0.15, 0.2) is 23.1 Å². The van der Waals surface area contributed by atoms with Crippen molar-refractivity contribution in [3.05, 3.63) is 28.8 Å². The number of sulfonamides is 1. The van der Waals surface area contributed by atoms with Crippen LogP contribution in [0.1, 0.15) is 55.8 Å². The number of hydrogen-bond donors (Lipinski definition) is 0. The molecule has 1 aromatic rings. The molecule has 138 valence electrons. The molecule has 0 aromatic heterocycles. The highest BCUT2D eigenvalue weighted by Crippen LogP contribution is 2.28. The zero-order valence-corrected chi connectivity index (χ0v) is 16.2. The van der Waals surface area contributed by atoms with Crippen LogP contribution in [0.2, 0.25) is 5.02 Å². The lowest BCUT2D eigenvalue weighted by atomic mass is 9.99. The summed E-state index contributed by atoms with van der Waals surface area (Å²) in [4.78, 5) is 15.0. The molecule has 2 aliphatic rings. The summed E-state index contributed by atoms with van der Waals surface area (Å²) in [5, 5.41) is 0.311. The maximum atomic E-state index is 13.0. The van der Waals surface area contributed by atoms with Gasteiger partial charge in [-0.05, 0) is 56.7 Å². The topological polar surface area (TPSA) is 57.7 Å². The number of likely N-dealkylation sites (tertiary alicyclic amines) is 1. The zero-order chi connectivity index (χ0) is 18.0. The normalized spacial score (nSPS) is 22.3. The van der Waals surface area contributed by atoms with E-state index in [0.29, 0.717) is 30.2 Å². The summed E-state index contributed by atoms with van der Waals surface area (Å²) >= 11 is 6.26. The van der Waals surface area contributed by atoms with Gasteiger partial charge in [-0.15, -0.1) is 0 Å². The van der Waals surface area contributed by atoms with Gasteiger partial charge < -0.3 is 4.90 Å². The molecule has 0 radical (unpaired) electrons. The molecule has 0 N–H and O–H groups in total. The standard InChI is InChI=1S/C18H25ClN2O3S/c1-2-14-7-3-4-12-21(14)18(22)16-13-15(8-9-17(16)19)25(23,24)20-10-5-6-11-20/h8-9,13-14H,2-7,10-12H2,1H3. The average Bonchev–Trinajstić information content (AvgIpc) is 3.17. The van der Waals surface area contributed by atoms with E-state index in [-0.39, 0.29) is 16.8 Å². The number of amides is 1. The molecule has 3 rings (SSSR count). The van der Waals surface area contributed by atoms with E-state index < -0.39 is 10.0 Å². The van der Waals surface area contributed by atoms with E-state index in [1.807, 2.05) is 4.90 Å². The highest BCUT2D eigenvalue weighted by Gasteiger charge is 2.31. The second kappa shape index (κ2) is 7.64. The number of nitrogens with zero attached hydrogens (tertiary/aromatic N) is 2. The van der Waals surface area contributed by atoms with Gasteiger partial charge >= 0.3 is 0 Å². The van der Waals surface area contributed by atoms with Crippen molar-refractivity contribution >= 4 is 27.5 Å². The van der Waals surface area contributed by atoms with Gasteiger partial charge in [-0.1, -0.05) is 18.5 Å². The van der Waals surface area contributed by atoms with Crippen molar-refractivity contribution in [2.45, 2.75) is 56.4 Å². The maximum Gasteiger partial charge on any atom is 0.255 e. The highest BCUT2D eigenvalue weighted by molar-refractivity contribution is 7.89. The molecule has 1 aromatic carbocycles. The number of piperidine rings is 1. The monoisotopic (exact) mass is 384 g/mol. The van der Waals surface area contributed by atoms with Crippen LogP contribution in [0.3, 0.4) is 0 Å². The second-order valence-corrected chi connectivity index (χ2v) is 9.15. The van der Waals surface area contributed by atoms with Gasteiger partial charge in [0.05, 0.1) is 15.5 Å². The quantitative estimate of drug-likeness (QED) is 0.797. The number of hydrogen-bond acceptors (Lipinski definition) is 3. The number of carbonyl (C=O) groups is 1. The first-order valence-corrected chi connectivity index (χ1v) is 10.9. The van der Waals surface area contributed by atoms with Crippen LogP contribution in [0.4, 0.5) is 0 Å². The summed E-state index contributed by atoms with van der Waals surface area (Å²) in [5.41, 5.74) is 0.294. The van der Waals surface area contributed by atoms with Gasteiger partial charge in [0.15, 0.2) is 0 Å². The third kappa shape index (κ3) is 3.71. The van der Waals surface area contributed by atoms with Crippen LogP contribution >= 0.6 is 11.6 Å². The van der Waals surface area contributed by atoms with Crippen LogP contribution < -0.4 is 0 Å². The summed E-state index contributed by atoms with van der Waals surface area (Å²) in [6.07, 6.45) is 5.75. The first-order valence-electron chi connectivity index (χ1n) is 9.06. The molecule has 7 heteroatoms. The number of rotatable bonds is 4. The Kier molecular flexibility index (Phi) is 5.71. The van der Waals surface area contributed by atoms with Gasteiger partial charge in [-0.25, -0.2) is 8.42 Å². The van der Waals surface area contributed by atoms with Gasteiger partial charge in [-0.2, -0.15) is 4.31 Å². The Morgan fingerprint density at radius 1 is 1.16 bits per heavy atom. The lowest BCUT2D eigenvalue weighted by Crippen LogP contribution is -2.43. The molecular formula is C18H25ClN2O3S. The molecule has 0 bridgehead atoms. The Bertz CT molecular complexity index is 745. The number of benzene rings is 1. The molecule has 2 aliphatic heterocycles. The second-order valence-electron chi connectivity index (χ2n) is 6.81. The first kappa shape index (κ1) is 18.7. The largest absolute Gasteiger partial charge is 0.336 e. The van der Waals surface area contributed by atoms with Crippen molar-refractivity contribution < 1.29 is 13.2 Å². The summed E-state index contributed by atoms with van der Waals surface area (Å²) in [7, 11) is -3.56. The highest BCUT2D eigenvalue weighted by atomic mass is 35.5. The van der Waals surface area contributed by atoms with E-state index in [2.05, 4.69) is 6.92 Å². The Labute approximate surface area is 155 Å². The Hall–Kier alpha value is -1.11. The van der Waals surface area contributed by atoms with Crippen molar-refractivity contribution in [3.63, 3.8) is 0 Å². The van der Waals surface area contributed by atoms with Gasteiger partial charge in [0.2, 0.25) is 10.0 Å². The average molecular weight is 385 g/mol. The lowest BCUT2D eigenvalue weighted by molar-refractivity contribution is 0.0608. The van der Waals surface area contributed by atoms with Gasteiger partial charge in [0.1, 0.15) is 0 Å². The molecule has 2 heterocycles. The summed E-state index contributed by atoms with van der Waals surface area (Å²) < 4.78 is 27.0. The summed E-state index contributed by atoms with van der Waals surface area (Å²) in [6.45, 7) is 3.86. The van der Waals surface area contributed by atoms with Crippen molar-refractivity contribution in [1.29, 1.82) is 0 Å². The fourth-order valence-corrected chi connectivity index (χ4v) is 5.50. The minimum atomic E-state index is -3.56. The molecule has 1 amide bonds. The Balaban J connectivity index is 1.92. The lowest BCUT2D eigenvalue weighted by Gasteiger charge is -2.35. The van der Waals surface area contributed by atoms with Gasteiger partial charge in [0.25, 0.3) is 5.91 Å². The predicted molar refractivity (Wildman–Crippen MR) is 98.4 cm³/mol. The maximum absolute atomic E-state index is 13.0. The van der Waals surface area contributed by atoms with Gasteiger partial charge in [0, 0.05) is 25.7 Å².